The molecule has 1 amide bonds. The van der Waals surface area contributed by atoms with E-state index >= 15 is 0 Å². The van der Waals surface area contributed by atoms with Crippen molar-refractivity contribution in [3.8, 4) is 0 Å². The molecule has 210 valence electrons. The molecule has 1 aromatic heterocycles. The first-order valence-electron chi connectivity index (χ1n) is 14.2. The average molecular weight is 528 g/mol. The third-order valence-corrected chi connectivity index (χ3v) is 6.53. The van der Waals surface area contributed by atoms with Crippen molar-refractivity contribution >= 4 is 23.8 Å². The first-order chi connectivity index (χ1) is 18.6. The van der Waals surface area contributed by atoms with Crippen molar-refractivity contribution in [1.82, 2.24) is 20.3 Å². The zero-order valence-corrected chi connectivity index (χ0v) is 23.0. The summed E-state index contributed by atoms with van der Waals surface area (Å²) in [7, 11) is 0. The second-order valence-electron chi connectivity index (χ2n) is 9.72. The highest BCUT2D eigenvalue weighted by Crippen LogP contribution is 2.20. The Hall–Kier alpha value is -2.98. The van der Waals surface area contributed by atoms with Crippen LogP contribution in [-0.2, 0) is 9.47 Å². The Morgan fingerprint density at radius 2 is 1.50 bits per heavy atom. The molecule has 38 heavy (non-hydrogen) atoms. The minimum Gasteiger partial charge on any atom is -0.377 e. The maximum Gasteiger partial charge on any atom is 0.251 e. The highest BCUT2D eigenvalue weighted by atomic mass is 16.5. The van der Waals surface area contributed by atoms with E-state index in [1.54, 1.807) is 12.1 Å². The number of carbonyl (C=O) groups excluding carboxylic acids is 1. The fourth-order valence-corrected chi connectivity index (χ4v) is 4.17. The molecule has 2 aromatic rings. The summed E-state index contributed by atoms with van der Waals surface area (Å²) in [6.45, 7) is 7.15. The van der Waals surface area contributed by atoms with Crippen molar-refractivity contribution < 1.29 is 14.3 Å². The summed E-state index contributed by atoms with van der Waals surface area (Å²) >= 11 is 0. The number of nitrogens with zero attached hydrogens (tertiary/aromatic N) is 3. The van der Waals surface area contributed by atoms with Gasteiger partial charge in [0.25, 0.3) is 5.91 Å². The molecule has 1 saturated carbocycles. The van der Waals surface area contributed by atoms with Crippen LogP contribution in [0, 0.1) is 0 Å². The topological polar surface area (TPSA) is 122 Å². The SMILES string of the molecule is CCC(C)Nc1nc(NCCOCCOCCNC(=O)c2ccccc2)nc(NC2CCCCCCC2)n1. The molecule has 1 fully saturated rings. The Morgan fingerprint density at radius 3 is 2.21 bits per heavy atom. The van der Waals surface area contributed by atoms with Gasteiger partial charge in [0.15, 0.2) is 0 Å². The number of hydrogen-bond acceptors (Lipinski definition) is 9. The van der Waals surface area contributed by atoms with E-state index in [0.717, 1.165) is 19.3 Å². The van der Waals surface area contributed by atoms with Crippen LogP contribution in [0.25, 0.3) is 0 Å². The number of aromatic nitrogens is 3. The van der Waals surface area contributed by atoms with Crippen LogP contribution in [0.2, 0.25) is 0 Å². The van der Waals surface area contributed by atoms with Crippen LogP contribution in [0.5, 0.6) is 0 Å². The zero-order valence-electron chi connectivity index (χ0n) is 23.0. The van der Waals surface area contributed by atoms with Crippen LogP contribution in [0.1, 0.15) is 75.6 Å². The van der Waals surface area contributed by atoms with Gasteiger partial charge in [0.05, 0.1) is 26.4 Å². The lowest BCUT2D eigenvalue weighted by Gasteiger charge is -2.22. The van der Waals surface area contributed by atoms with Gasteiger partial charge in [-0.25, -0.2) is 0 Å². The molecule has 1 unspecified atom stereocenters. The first kappa shape index (κ1) is 29.6. The van der Waals surface area contributed by atoms with Crippen LogP contribution in [0.15, 0.2) is 30.3 Å². The molecule has 0 spiro atoms. The zero-order chi connectivity index (χ0) is 26.8. The number of ether oxygens (including phenoxy) is 2. The second-order valence-corrected chi connectivity index (χ2v) is 9.72. The first-order valence-corrected chi connectivity index (χ1v) is 14.2. The number of hydrogen-bond donors (Lipinski definition) is 4. The molecule has 4 N–H and O–H groups in total. The molecule has 10 nitrogen and oxygen atoms in total. The minimum atomic E-state index is -0.0968. The summed E-state index contributed by atoms with van der Waals surface area (Å²) in [4.78, 5) is 25.8. The molecule has 1 heterocycles. The quantitative estimate of drug-likeness (QED) is 0.234. The van der Waals surface area contributed by atoms with E-state index in [2.05, 4.69) is 50.1 Å². The van der Waals surface area contributed by atoms with Gasteiger partial charge in [0.2, 0.25) is 17.8 Å². The van der Waals surface area contributed by atoms with Crippen LogP contribution >= 0.6 is 0 Å². The molecule has 10 heteroatoms. The second kappa shape index (κ2) is 17.5. The molecule has 0 radical (unpaired) electrons. The van der Waals surface area contributed by atoms with Crippen molar-refractivity contribution in [3.05, 3.63) is 35.9 Å². The normalized spacial score (nSPS) is 15.2. The van der Waals surface area contributed by atoms with E-state index in [1.165, 1.54) is 32.1 Å². The third kappa shape index (κ3) is 11.6. The number of benzene rings is 1. The molecular formula is C28H45N7O3. The molecule has 3 rings (SSSR count). The van der Waals surface area contributed by atoms with Crippen LogP contribution in [-0.4, -0.2) is 72.5 Å². The molecule has 1 aliphatic carbocycles. The van der Waals surface area contributed by atoms with Gasteiger partial charge in [0.1, 0.15) is 0 Å². The highest BCUT2D eigenvalue weighted by molar-refractivity contribution is 5.94. The van der Waals surface area contributed by atoms with Crippen molar-refractivity contribution in [2.24, 2.45) is 0 Å². The van der Waals surface area contributed by atoms with E-state index in [0.29, 0.717) is 69.0 Å². The van der Waals surface area contributed by atoms with Crippen LogP contribution in [0.3, 0.4) is 0 Å². The molecule has 1 atom stereocenters. The minimum absolute atomic E-state index is 0.0968. The number of anilines is 3. The van der Waals surface area contributed by atoms with Gasteiger partial charge in [-0.15, -0.1) is 0 Å². The fraction of sp³-hybridized carbons (Fsp3) is 0.643. The van der Waals surface area contributed by atoms with E-state index in [-0.39, 0.29) is 11.9 Å². The predicted octanol–water partition coefficient (Wildman–Crippen LogP) is 4.48. The lowest BCUT2D eigenvalue weighted by atomic mass is 9.97. The number of amides is 1. The van der Waals surface area contributed by atoms with Gasteiger partial charge in [0, 0.05) is 30.7 Å². The van der Waals surface area contributed by atoms with Crippen LogP contribution in [0.4, 0.5) is 17.8 Å². The maximum atomic E-state index is 12.0. The molecule has 0 saturated heterocycles. The Bertz CT molecular complexity index is 924. The van der Waals surface area contributed by atoms with E-state index in [1.807, 2.05) is 18.2 Å². The van der Waals surface area contributed by atoms with Gasteiger partial charge in [-0.3, -0.25) is 4.79 Å². The number of carbonyl (C=O) groups is 1. The average Bonchev–Trinajstić information content (AvgIpc) is 2.91. The molecule has 0 bridgehead atoms. The van der Waals surface area contributed by atoms with Gasteiger partial charge >= 0.3 is 0 Å². The summed E-state index contributed by atoms with van der Waals surface area (Å²) < 4.78 is 11.2. The van der Waals surface area contributed by atoms with E-state index in [4.69, 9.17) is 9.47 Å². The standard InChI is InChI=1S/C28H45N7O3/c1-3-22(2)31-27-33-26(34-28(35-27)32-24-14-10-5-4-6-11-15-24)30-17-19-38-21-20-37-18-16-29-25(36)23-12-8-7-9-13-23/h7-9,12-13,22,24H,3-6,10-11,14-21H2,1-2H3,(H,29,36)(H3,30,31,32,33,34,35). The summed E-state index contributed by atoms with van der Waals surface area (Å²) in [5.41, 5.74) is 0.645. The maximum absolute atomic E-state index is 12.0. The Kier molecular flexibility index (Phi) is 13.6. The summed E-state index contributed by atoms with van der Waals surface area (Å²) in [5, 5.41) is 13.0. The summed E-state index contributed by atoms with van der Waals surface area (Å²) in [5.74, 6) is 1.64. The lowest BCUT2D eigenvalue weighted by Crippen LogP contribution is -2.27. The molecule has 0 aliphatic heterocycles. The van der Waals surface area contributed by atoms with Crippen molar-refractivity contribution in [2.45, 2.75) is 77.3 Å². The third-order valence-electron chi connectivity index (χ3n) is 6.53. The van der Waals surface area contributed by atoms with Gasteiger partial charge in [-0.2, -0.15) is 15.0 Å². The Morgan fingerprint density at radius 1 is 0.868 bits per heavy atom. The molecular weight excluding hydrogens is 482 g/mol. The number of nitrogens with one attached hydrogen (secondary N) is 4. The van der Waals surface area contributed by atoms with Gasteiger partial charge < -0.3 is 30.7 Å². The monoisotopic (exact) mass is 527 g/mol. The number of rotatable bonds is 16. The summed E-state index contributed by atoms with van der Waals surface area (Å²) in [6.07, 6.45) is 9.73. The molecule has 1 aliphatic rings. The van der Waals surface area contributed by atoms with E-state index in [9.17, 15) is 4.79 Å². The molecule has 1 aromatic carbocycles. The van der Waals surface area contributed by atoms with Crippen molar-refractivity contribution in [1.29, 1.82) is 0 Å². The smallest absolute Gasteiger partial charge is 0.251 e. The van der Waals surface area contributed by atoms with E-state index < -0.39 is 0 Å². The highest BCUT2D eigenvalue weighted by Gasteiger charge is 2.15. The lowest BCUT2D eigenvalue weighted by molar-refractivity contribution is 0.0519. The van der Waals surface area contributed by atoms with Crippen molar-refractivity contribution in [3.63, 3.8) is 0 Å². The predicted molar refractivity (Wildman–Crippen MR) is 152 cm³/mol. The Balaban J connectivity index is 1.34. The van der Waals surface area contributed by atoms with Crippen molar-refractivity contribution in [2.75, 3.05) is 55.5 Å². The largest absolute Gasteiger partial charge is 0.377 e. The van der Waals surface area contributed by atoms with Gasteiger partial charge in [-0.1, -0.05) is 57.2 Å². The van der Waals surface area contributed by atoms with Gasteiger partial charge in [-0.05, 0) is 38.3 Å². The van der Waals surface area contributed by atoms with Crippen LogP contribution < -0.4 is 21.3 Å². The summed E-state index contributed by atoms with van der Waals surface area (Å²) in [6, 6.07) is 9.82. The Labute approximate surface area is 227 Å². The fourth-order valence-electron chi connectivity index (χ4n) is 4.17.